The Balaban J connectivity index is 2.36. The van der Waals surface area contributed by atoms with Gasteiger partial charge in [-0.25, -0.2) is 18.2 Å². The van der Waals surface area contributed by atoms with E-state index in [4.69, 9.17) is 10.9 Å². The summed E-state index contributed by atoms with van der Waals surface area (Å²) < 4.78 is 27.1. The second-order valence-corrected chi connectivity index (χ2v) is 5.46. The Hall–Kier alpha value is -2.46. The van der Waals surface area contributed by atoms with Gasteiger partial charge in [-0.1, -0.05) is 6.07 Å². The molecule has 0 saturated heterocycles. The number of nitrogen functional groups attached to an aromatic ring is 1. The van der Waals surface area contributed by atoms with E-state index in [1.165, 1.54) is 25.1 Å². The zero-order valence-corrected chi connectivity index (χ0v) is 11.1. The number of nitrogens with one attached hydrogen (secondary N) is 1. The van der Waals surface area contributed by atoms with Crippen molar-refractivity contribution in [1.82, 2.24) is 10.3 Å². The first-order valence-electron chi connectivity index (χ1n) is 5.32. The molecule has 0 fully saturated rings. The molecule has 0 aliphatic rings. The van der Waals surface area contributed by atoms with Gasteiger partial charge in [0.25, 0.3) is 5.91 Å². The van der Waals surface area contributed by atoms with Crippen LogP contribution < -0.4 is 16.2 Å². The van der Waals surface area contributed by atoms with Crippen LogP contribution in [-0.2, 0) is 10.0 Å². The highest BCUT2D eigenvalue weighted by Gasteiger charge is 2.19. The van der Waals surface area contributed by atoms with Gasteiger partial charge in [0, 0.05) is 5.69 Å². The zero-order chi connectivity index (χ0) is 14.9. The molecule has 20 heavy (non-hydrogen) atoms. The summed E-state index contributed by atoms with van der Waals surface area (Å²) >= 11 is 0. The largest absolute Gasteiger partial charge is 0.379 e. The molecule has 0 unspecified atom stereocenters. The number of amides is 1. The number of nitrogens with two attached hydrogens (primary N) is 2. The Morgan fingerprint density at radius 2 is 2.05 bits per heavy atom. The van der Waals surface area contributed by atoms with E-state index in [-0.39, 0.29) is 22.1 Å². The highest BCUT2D eigenvalue weighted by molar-refractivity contribution is 7.89. The lowest BCUT2D eigenvalue weighted by atomic mass is 10.2. The average Bonchev–Trinajstić information content (AvgIpc) is 2.76. The van der Waals surface area contributed by atoms with E-state index in [1.54, 1.807) is 0 Å². The number of nitrogens with zero attached hydrogens (tertiary/aromatic N) is 2. The quantitative estimate of drug-likeness (QED) is 0.712. The van der Waals surface area contributed by atoms with Gasteiger partial charge in [0.15, 0.2) is 0 Å². The SMILES string of the molecule is Cc1c(NC(=O)c2nonc2N)cccc1S(N)(=O)=O. The maximum atomic E-state index is 11.9. The molecule has 0 radical (unpaired) electrons. The molecule has 1 aromatic heterocycles. The van der Waals surface area contributed by atoms with E-state index < -0.39 is 15.9 Å². The third kappa shape index (κ3) is 2.60. The van der Waals surface area contributed by atoms with Gasteiger partial charge in [-0.05, 0) is 34.9 Å². The van der Waals surface area contributed by atoms with Crippen LogP contribution in [0.5, 0.6) is 0 Å². The third-order valence-corrected chi connectivity index (χ3v) is 3.62. The minimum Gasteiger partial charge on any atom is -0.379 e. The molecular weight excluding hydrogens is 286 g/mol. The topological polar surface area (TPSA) is 154 Å². The number of carbonyl (C=O) groups excluding carboxylic acids is 1. The number of benzene rings is 1. The minimum atomic E-state index is -3.88. The Bertz CT molecular complexity index is 768. The monoisotopic (exact) mass is 297 g/mol. The summed E-state index contributed by atoms with van der Waals surface area (Å²) in [6.45, 7) is 1.51. The van der Waals surface area contributed by atoms with E-state index in [1.807, 2.05) is 0 Å². The predicted molar refractivity (Wildman–Crippen MR) is 69.2 cm³/mol. The molecule has 5 N–H and O–H groups in total. The van der Waals surface area contributed by atoms with E-state index in [0.29, 0.717) is 5.56 Å². The number of sulfonamides is 1. The predicted octanol–water partition coefficient (Wildman–Crippen LogP) is -0.140. The Morgan fingerprint density at radius 3 is 2.60 bits per heavy atom. The summed E-state index contributed by atoms with van der Waals surface area (Å²) in [4.78, 5) is 11.8. The smallest absolute Gasteiger partial charge is 0.281 e. The summed E-state index contributed by atoms with van der Waals surface area (Å²) in [5.74, 6) is -0.832. The number of rotatable bonds is 3. The van der Waals surface area contributed by atoms with Gasteiger partial charge in [-0.3, -0.25) is 4.79 Å². The van der Waals surface area contributed by atoms with Crippen LogP contribution in [0, 0.1) is 6.92 Å². The summed E-state index contributed by atoms with van der Waals surface area (Å²) in [5, 5.41) is 14.2. The second kappa shape index (κ2) is 4.90. The van der Waals surface area contributed by atoms with Crippen molar-refractivity contribution >= 4 is 27.4 Å². The molecule has 1 aromatic carbocycles. The van der Waals surface area contributed by atoms with Gasteiger partial charge < -0.3 is 11.1 Å². The van der Waals surface area contributed by atoms with Gasteiger partial charge in [-0.2, -0.15) is 0 Å². The Morgan fingerprint density at radius 1 is 1.35 bits per heavy atom. The minimum absolute atomic E-state index is 0.0819. The van der Waals surface area contributed by atoms with Crippen LogP contribution in [0.15, 0.2) is 27.7 Å². The molecule has 2 aromatic rings. The number of carbonyl (C=O) groups is 1. The fourth-order valence-corrected chi connectivity index (χ4v) is 2.40. The fraction of sp³-hybridized carbons (Fsp3) is 0.100. The first kappa shape index (κ1) is 14.0. The van der Waals surface area contributed by atoms with E-state index in [2.05, 4.69) is 20.3 Å². The highest BCUT2D eigenvalue weighted by Crippen LogP contribution is 2.22. The Labute approximate surface area is 114 Å². The molecule has 0 spiro atoms. The lowest BCUT2D eigenvalue weighted by Crippen LogP contribution is -2.18. The van der Waals surface area contributed by atoms with Crippen LogP contribution >= 0.6 is 0 Å². The molecule has 9 nitrogen and oxygen atoms in total. The van der Waals surface area contributed by atoms with Crippen LogP contribution in [0.4, 0.5) is 11.5 Å². The average molecular weight is 297 g/mol. The fourth-order valence-electron chi connectivity index (χ4n) is 1.59. The molecule has 0 atom stereocenters. The molecule has 2 rings (SSSR count). The highest BCUT2D eigenvalue weighted by atomic mass is 32.2. The number of primary sulfonamides is 1. The van der Waals surface area contributed by atoms with E-state index in [9.17, 15) is 13.2 Å². The summed E-state index contributed by atoms with van der Waals surface area (Å²) in [6.07, 6.45) is 0. The standard InChI is InChI=1S/C10H11N5O4S/c1-5-6(3-2-4-7(5)20(12,17)18)13-10(16)8-9(11)15-19-14-8/h2-4H,1H3,(H2,11,15)(H,13,16)(H2,12,17,18). The maximum Gasteiger partial charge on any atom is 0.281 e. The van der Waals surface area contributed by atoms with Crippen molar-refractivity contribution in [1.29, 1.82) is 0 Å². The molecule has 0 bridgehead atoms. The molecule has 0 saturated carbocycles. The van der Waals surface area contributed by atoms with E-state index >= 15 is 0 Å². The van der Waals surface area contributed by atoms with E-state index in [0.717, 1.165) is 0 Å². The third-order valence-electron chi connectivity index (χ3n) is 2.57. The van der Waals surface area contributed by atoms with Gasteiger partial charge in [-0.15, -0.1) is 0 Å². The van der Waals surface area contributed by atoms with Crippen LogP contribution in [0.3, 0.4) is 0 Å². The summed E-state index contributed by atoms with van der Waals surface area (Å²) in [6, 6.07) is 4.31. The first-order valence-corrected chi connectivity index (χ1v) is 6.87. The van der Waals surface area contributed by atoms with Crippen LogP contribution in [-0.4, -0.2) is 24.6 Å². The molecule has 106 valence electrons. The number of hydrogen-bond acceptors (Lipinski definition) is 7. The van der Waals surface area contributed by atoms with Gasteiger partial charge in [0.1, 0.15) is 0 Å². The zero-order valence-electron chi connectivity index (χ0n) is 10.3. The van der Waals surface area contributed by atoms with Crippen molar-refractivity contribution in [3.05, 3.63) is 29.5 Å². The van der Waals surface area contributed by atoms with Gasteiger partial charge in [0.2, 0.25) is 21.5 Å². The maximum absolute atomic E-state index is 11.9. The summed E-state index contributed by atoms with van der Waals surface area (Å²) in [7, 11) is -3.88. The first-order chi connectivity index (χ1) is 9.30. The number of anilines is 2. The Kier molecular flexibility index (Phi) is 3.42. The van der Waals surface area contributed by atoms with Gasteiger partial charge in [0.05, 0.1) is 4.90 Å². The van der Waals surface area contributed by atoms with Crippen LogP contribution in [0.25, 0.3) is 0 Å². The normalized spacial score (nSPS) is 11.3. The molecule has 0 aliphatic heterocycles. The lowest BCUT2D eigenvalue weighted by Gasteiger charge is -2.10. The van der Waals surface area contributed by atoms with Crippen molar-refractivity contribution in [3.63, 3.8) is 0 Å². The van der Waals surface area contributed by atoms with Crippen LogP contribution in [0.2, 0.25) is 0 Å². The van der Waals surface area contributed by atoms with Crippen molar-refractivity contribution in [2.75, 3.05) is 11.1 Å². The second-order valence-electron chi connectivity index (χ2n) is 3.93. The van der Waals surface area contributed by atoms with Crippen molar-refractivity contribution in [2.45, 2.75) is 11.8 Å². The van der Waals surface area contributed by atoms with Crippen molar-refractivity contribution in [3.8, 4) is 0 Å². The molecule has 1 amide bonds. The van der Waals surface area contributed by atoms with Gasteiger partial charge >= 0.3 is 0 Å². The molecule has 1 heterocycles. The lowest BCUT2D eigenvalue weighted by molar-refractivity contribution is 0.101. The molecule has 0 aliphatic carbocycles. The molecule has 10 heteroatoms. The number of aromatic nitrogens is 2. The molecular formula is C10H11N5O4S. The van der Waals surface area contributed by atoms with Crippen LogP contribution in [0.1, 0.15) is 16.1 Å². The van der Waals surface area contributed by atoms with Crippen molar-refractivity contribution in [2.24, 2.45) is 5.14 Å². The summed E-state index contributed by atoms with van der Waals surface area (Å²) in [5.41, 5.74) is 5.77. The number of hydrogen-bond donors (Lipinski definition) is 3. The van der Waals surface area contributed by atoms with Crippen molar-refractivity contribution < 1.29 is 17.8 Å².